The van der Waals surface area contributed by atoms with Gasteiger partial charge in [-0.2, -0.15) is 0 Å². The van der Waals surface area contributed by atoms with Gasteiger partial charge in [-0.3, -0.25) is 9.59 Å². The van der Waals surface area contributed by atoms with E-state index in [0.717, 1.165) is 11.1 Å². The molecule has 1 aliphatic heterocycles. The molecule has 0 bridgehead atoms. The van der Waals surface area contributed by atoms with E-state index in [0.29, 0.717) is 16.9 Å². The van der Waals surface area contributed by atoms with Crippen molar-refractivity contribution in [1.29, 1.82) is 0 Å². The van der Waals surface area contributed by atoms with Gasteiger partial charge in [0.05, 0.1) is 25.3 Å². The van der Waals surface area contributed by atoms with Crippen LogP contribution in [0.3, 0.4) is 0 Å². The van der Waals surface area contributed by atoms with Gasteiger partial charge < -0.3 is 19.5 Å². The van der Waals surface area contributed by atoms with Gasteiger partial charge in [0.15, 0.2) is 0 Å². The molecular formula is C23H25NO5. The molecule has 3 rings (SSSR count). The van der Waals surface area contributed by atoms with E-state index < -0.39 is 17.7 Å². The summed E-state index contributed by atoms with van der Waals surface area (Å²) in [5.74, 6) is -0.852. The normalized spacial score (nSPS) is 18.3. The van der Waals surface area contributed by atoms with E-state index in [-0.39, 0.29) is 24.5 Å². The standard InChI is InChI=1S/C23H25NO5/c1-14-5-6-17(13-15(14)2)21(25)19-20(16-7-9-18(29-4)10-8-16)24(11-12-28-3)23(27)22(19)26/h5-10,13,20,25H,11-12H2,1-4H3/b21-19-. The monoisotopic (exact) mass is 395 g/mol. The second-order valence-electron chi connectivity index (χ2n) is 7.06. The summed E-state index contributed by atoms with van der Waals surface area (Å²) in [6.45, 7) is 4.43. The highest BCUT2D eigenvalue weighted by molar-refractivity contribution is 6.46. The number of aryl methyl sites for hydroxylation is 2. The van der Waals surface area contributed by atoms with E-state index in [1.165, 1.54) is 12.0 Å². The molecule has 0 aromatic heterocycles. The molecule has 2 aromatic rings. The number of carbonyl (C=O) groups excluding carboxylic acids is 2. The second kappa shape index (κ2) is 8.49. The molecule has 1 atom stereocenters. The van der Waals surface area contributed by atoms with Crippen molar-refractivity contribution in [2.45, 2.75) is 19.9 Å². The number of methoxy groups -OCH3 is 2. The first kappa shape index (κ1) is 20.6. The lowest BCUT2D eigenvalue weighted by Gasteiger charge is -2.25. The van der Waals surface area contributed by atoms with Gasteiger partial charge in [-0.1, -0.05) is 24.3 Å². The Labute approximate surface area is 170 Å². The number of likely N-dealkylation sites (tertiary alicyclic amines) is 1. The fraction of sp³-hybridized carbons (Fsp3) is 0.304. The smallest absolute Gasteiger partial charge is 0.295 e. The number of ether oxygens (including phenoxy) is 2. The first-order valence-electron chi connectivity index (χ1n) is 9.38. The molecule has 1 N–H and O–H groups in total. The van der Waals surface area contributed by atoms with Crippen molar-refractivity contribution in [3.63, 3.8) is 0 Å². The lowest BCUT2D eigenvalue weighted by atomic mass is 9.94. The Balaban J connectivity index is 2.15. The minimum atomic E-state index is -0.697. The first-order chi connectivity index (χ1) is 13.9. The van der Waals surface area contributed by atoms with Gasteiger partial charge in [0.25, 0.3) is 11.7 Å². The molecule has 1 fully saturated rings. The summed E-state index contributed by atoms with van der Waals surface area (Å²) in [5, 5.41) is 11.0. The van der Waals surface area contributed by atoms with Crippen LogP contribution in [0.1, 0.15) is 28.3 Å². The van der Waals surface area contributed by atoms with E-state index in [4.69, 9.17) is 9.47 Å². The number of carbonyl (C=O) groups is 2. The van der Waals surface area contributed by atoms with Crippen LogP contribution in [0.25, 0.3) is 5.76 Å². The van der Waals surface area contributed by atoms with Crippen LogP contribution >= 0.6 is 0 Å². The Bertz CT molecular complexity index is 962. The van der Waals surface area contributed by atoms with Gasteiger partial charge in [-0.25, -0.2) is 0 Å². The highest BCUT2D eigenvalue weighted by atomic mass is 16.5. The molecule has 2 aromatic carbocycles. The minimum Gasteiger partial charge on any atom is -0.507 e. The highest BCUT2D eigenvalue weighted by Crippen LogP contribution is 2.39. The lowest BCUT2D eigenvalue weighted by molar-refractivity contribution is -0.140. The van der Waals surface area contributed by atoms with Gasteiger partial charge in [0, 0.05) is 19.2 Å². The summed E-state index contributed by atoms with van der Waals surface area (Å²) < 4.78 is 10.3. The van der Waals surface area contributed by atoms with Gasteiger partial charge in [-0.05, 0) is 48.7 Å². The van der Waals surface area contributed by atoms with Crippen molar-refractivity contribution in [3.8, 4) is 5.75 Å². The number of Topliss-reactive ketones (excluding diaryl/α,β-unsaturated/α-hetero) is 1. The number of nitrogens with zero attached hydrogens (tertiary/aromatic N) is 1. The minimum absolute atomic E-state index is 0.0829. The molecule has 1 heterocycles. The SMILES string of the molecule is COCCN1C(=O)C(=O)/C(=C(\O)c2ccc(C)c(C)c2)C1c1ccc(OC)cc1. The summed E-state index contributed by atoms with van der Waals surface area (Å²) in [4.78, 5) is 27.1. The van der Waals surface area contributed by atoms with Crippen LogP contribution in [-0.2, 0) is 14.3 Å². The summed E-state index contributed by atoms with van der Waals surface area (Å²) in [5.41, 5.74) is 3.37. The lowest BCUT2D eigenvalue weighted by Crippen LogP contribution is -2.32. The third-order valence-electron chi connectivity index (χ3n) is 5.29. The number of hydrogen-bond acceptors (Lipinski definition) is 5. The fourth-order valence-electron chi connectivity index (χ4n) is 3.48. The van der Waals surface area contributed by atoms with Crippen LogP contribution in [-0.4, -0.2) is 49.1 Å². The van der Waals surface area contributed by atoms with Crippen molar-refractivity contribution in [2.75, 3.05) is 27.4 Å². The van der Waals surface area contributed by atoms with Gasteiger partial charge in [-0.15, -0.1) is 0 Å². The van der Waals surface area contributed by atoms with Gasteiger partial charge in [0.1, 0.15) is 11.5 Å². The Morgan fingerprint density at radius 3 is 2.31 bits per heavy atom. The Morgan fingerprint density at radius 1 is 1.03 bits per heavy atom. The highest BCUT2D eigenvalue weighted by Gasteiger charge is 2.45. The molecule has 1 saturated heterocycles. The number of hydrogen-bond donors (Lipinski definition) is 1. The molecule has 0 aliphatic carbocycles. The number of aliphatic hydroxyl groups excluding tert-OH is 1. The van der Waals surface area contributed by atoms with Crippen molar-refractivity contribution in [2.24, 2.45) is 0 Å². The third kappa shape index (κ3) is 3.89. The Kier molecular flexibility index (Phi) is 6.03. The average Bonchev–Trinajstić information content (AvgIpc) is 2.98. The summed E-state index contributed by atoms with van der Waals surface area (Å²) in [7, 11) is 3.10. The van der Waals surface area contributed by atoms with Gasteiger partial charge in [0.2, 0.25) is 0 Å². The first-order valence-corrected chi connectivity index (χ1v) is 9.38. The van der Waals surface area contributed by atoms with Crippen molar-refractivity contribution >= 4 is 17.4 Å². The Hall–Kier alpha value is -3.12. The number of amides is 1. The maximum absolute atomic E-state index is 12.9. The zero-order valence-corrected chi connectivity index (χ0v) is 17.1. The van der Waals surface area contributed by atoms with Crippen LogP contribution in [0.5, 0.6) is 5.75 Å². The molecule has 6 nitrogen and oxygen atoms in total. The third-order valence-corrected chi connectivity index (χ3v) is 5.29. The van der Waals surface area contributed by atoms with Crippen LogP contribution in [0.15, 0.2) is 48.0 Å². The molecule has 6 heteroatoms. The molecular weight excluding hydrogens is 370 g/mol. The second-order valence-corrected chi connectivity index (χ2v) is 7.06. The molecule has 1 aliphatic rings. The van der Waals surface area contributed by atoms with Gasteiger partial charge >= 0.3 is 0 Å². The van der Waals surface area contributed by atoms with E-state index >= 15 is 0 Å². The predicted octanol–water partition coefficient (Wildman–Crippen LogP) is 3.38. The Morgan fingerprint density at radius 2 is 1.72 bits per heavy atom. The number of ketones is 1. The topological polar surface area (TPSA) is 76.1 Å². The summed E-state index contributed by atoms with van der Waals surface area (Å²) >= 11 is 0. The zero-order valence-electron chi connectivity index (χ0n) is 17.1. The van der Waals surface area contributed by atoms with Crippen LogP contribution < -0.4 is 4.74 Å². The maximum atomic E-state index is 12.9. The maximum Gasteiger partial charge on any atom is 0.295 e. The van der Waals surface area contributed by atoms with Crippen molar-refractivity contribution in [1.82, 2.24) is 4.90 Å². The molecule has 0 radical (unpaired) electrons. The van der Waals surface area contributed by atoms with E-state index in [2.05, 4.69) is 0 Å². The van der Waals surface area contributed by atoms with Crippen molar-refractivity contribution in [3.05, 3.63) is 70.3 Å². The predicted molar refractivity (Wildman–Crippen MR) is 110 cm³/mol. The average molecular weight is 395 g/mol. The number of aliphatic hydroxyl groups is 1. The molecule has 1 unspecified atom stereocenters. The molecule has 29 heavy (non-hydrogen) atoms. The summed E-state index contributed by atoms with van der Waals surface area (Å²) in [6, 6.07) is 11.9. The summed E-state index contributed by atoms with van der Waals surface area (Å²) in [6.07, 6.45) is 0. The molecule has 152 valence electrons. The fourth-order valence-corrected chi connectivity index (χ4v) is 3.48. The van der Waals surface area contributed by atoms with Crippen LogP contribution in [0.4, 0.5) is 0 Å². The van der Waals surface area contributed by atoms with Crippen molar-refractivity contribution < 1.29 is 24.2 Å². The largest absolute Gasteiger partial charge is 0.507 e. The zero-order chi connectivity index (χ0) is 21.1. The van der Waals surface area contributed by atoms with E-state index in [1.807, 2.05) is 26.0 Å². The van der Waals surface area contributed by atoms with E-state index in [1.54, 1.807) is 37.4 Å². The van der Waals surface area contributed by atoms with Crippen LogP contribution in [0, 0.1) is 13.8 Å². The van der Waals surface area contributed by atoms with E-state index in [9.17, 15) is 14.7 Å². The van der Waals surface area contributed by atoms with Crippen LogP contribution in [0.2, 0.25) is 0 Å². The number of benzene rings is 2. The molecule has 0 spiro atoms. The number of rotatable bonds is 6. The molecule has 1 amide bonds. The molecule has 0 saturated carbocycles. The quantitative estimate of drug-likeness (QED) is 0.461.